The van der Waals surface area contributed by atoms with Gasteiger partial charge in [-0.3, -0.25) is 4.79 Å². The minimum Gasteiger partial charge on any atom is -0.445 e. The van der Waals surface area contributed by atoms with Crippen LogP contribution in [0, 0.1) is 4.64 Å². The Morgan fingerprint density at radius 3 is 2.44 bits per heavy atom. The first-order valence-corrected chi connectivity index (χ1v) is 8.98. The standard InChI is InChI=1S/C19H23N3O4S/c1-13(2)15-8-6-14(7-9-15)12-26-19(24)21-11-10-20-18(23)16-4-3-5-17(27)22(16)25/h3-9,13,25H,10-12H2,1-2H3,(H,20,23)(H,21,24). The van der Waals surface area contributed by atoms with E-state index in [1.54, 1.807) is 6.07 Å². The van der Waals surface area contributed by atoms with Gasteiger partial charge in [-0.05, 0) is 29.2 Å². The molecule has 2 rings (SSSR count). The van der Waals surface area contributed by atoms with Gasteiger partial charge < -0.3 is 20.6 Å². The van der Waals surface area contributed by atoms with Crippen molar-refractivity contribution in [1.82, 2.24) is 15.4 Å². The summed E-state index contributed by atoms with van der Waals surface area (Å²) in [4.78, 5) is 23.7. The maximum atomic E-state index is 12.0. The quantitative estimate of drug-likeness (QED) is 0.384. The molecule has 1 aromatic carbocycles. The normalized spacial score (nSPS) is 10.5. The number of hydrogen-bond acceptors (Lipinski definition) is 5. The van der Waals surface area contributed by atoms with E-state index >= 15 is 0 Å². The van der Waals surface area contributed by atoms with Crippen LogP contribution in [0.4, 0.5) is 4.79 Å². The van der Waals surface area contributed by atoms with E-state index in [0.717, 1.165) is 5.56 Å². The van der Waals surface area contributed by atoms with Gasteiger partial charge in [0, 0.05) is 13.1 Å². The predicted octanol–water partition coefficient (Wildman–Crippen LogP) is 3.23. The van der Waals surface area contributed by atoms with E-state index in [0.29, 0.717) is 10.6 Å². The van der Waals surface area contributed by atoms with Gasteiger partial charge in [-0.25, -0.2) is 4.79 Å². The number of carbonyl (C=O) groups excluding carboxylic acids is 2. The number of carbonyl (C=O) groups is 2. The van der Waals surface area contributed by atoms with Crippen molar-refractivity contribution in [3.05, 3.63) is 63.9 Å². The minimum absolute atomic E-state index is 0.0231. The minimum atomic E-state index is -0.568. The Labute approximate surface area is 162 Å². The first kappa shape index (κ1) is 20.4. The van der Waals surface area contributed by atoms with Gasteiger partial charge in [-0.2, -0.15) is 4.73 Å². The summed E-state index contributed by atoms with van der Waals surface area (Å²) >= 11 is 4.88. The third-order valence-corrected chi connectivity index (χ3v) is 4.17. The zero-order valence-electron chi connectivity index (χ0n) is 15.3. The van der Waals surface area contributed by atoms with Crippen LogP contribution in [0.5, 0.6) is 0 Å². The Hall–Kier alpha value is -2.87. The van der Waals surface area contributed by atoms with Crippen molar-refractivity contribution in [2.45, 2.75) is 26.4 Å². The number of alkyl carbamates (subject to hydrolysis) is 1. The second-order valence-electron chi connectivity index (χ2n) is 6.22. The first-order valence-electron chi connectivity index (χ1n) is 8.57. The zero-order chi connectivity index (χ0) is 19.8. The van der Waals surface area contributed by atoms with Crippen LogP contribution in [0.25, 0.3) is 0 Å². The SMILES string of the molecule is CC(C)c1ccc(COC(=O)NCCNC(=O)c2cccc(=S)n2O)cc1. The average Bonchev–Trinajstić information content (AvgIpc) is 2.66. The Morgan fingerprint density at radius 2 is 1.78 bits per heavy atom. The van der Waals surface area contributed by atoms with Crippen LogP contribution in [-0.2, 0) is 11.3 Å². The van der Waals surface area contributed by atoms with Gasteiger partial charge >= 0.3 is 6.09 Å². The molecule has 0 saturated carbocycles. The molecule has 0 aliphatic carbocycles. The Balaban J connectivity index is 1.69. The Morgan fingerprint density at radius 1 is 1.11 bits per heavy atom. The highest BCUT2D eigenvalue weighted by molar-refractivity contribution is 7.71. The molecule has 0 saturated heterocycles. The van der Waals surface area contributed by atoms with E-state index < -0.39 is 12.0 Å². The van der Waals surface area contributed by atoms with Crippen LogP contribution in [0.15, 0.2) is 42.5 Å². The molecule has 0 aliphatic rings. The van der Waals surface area contributed by atoms with Gasteiger partial charge in [-0.1, -0.05) is 56.4 Å². The molecule has 0 unspecified atom stereocenters. The van der Waals surface area contributed by atoms with Crippen LogP contribution in [0.1, 0.15) is 41.4 Å². The number of amides is 2. The van der Waals surface area contributed by atoms with E-state index in [-0.39, 0.29) is 30.0 Å². The van der Waals surface area contributed by atoms with Crippen molar-refractivity contribution in [1.29, 1.82) is 0 Å². The van der Waals surface area contributed by atoms with Gasteiger partial charge in [0.05, 0.1) is 0 Å². The van der Waals surface area contributed by atoms with Gasteiger partial charge in [0.2, 0.25) is 0 Å². The largest absolute Gasteiger partial charge is 0.445 e. The molecule has 0 spiro atoms. The molecule has 8 heteroatoms. The van der Waals surface area contributed by atoms with Crippen LogP contribution in [0.3, 0.4) is 0 Å². The maximum Gasteiger partial charge on any atom is 0.407 e. The van der Waals surface area contributed by atoms with Crippen molar-refractivity contribution in [3.63, 3.8) is 0 Å². The average molecular weight is 389 g/mol. The number of nitrogens with one attached hydrogen (secondary N) is 2. The molecule has 27 heavy (non-hydrogen) atoms. The number of pyridine rings is 1. The fourth-order valence-corrected chi connectivity index (χ4v) is 2.46. The lowest BCUT2D eigenvalue weighted by Gasteiger charge is -2.10. The van der Waals surface area contributed by atoms with Crippen LogP contribution in [-0.4, -0.2) is 35.0 Å². The monoisotopic (exact) mass is 389 g/mol. The summed E-state index contributed by atoms with van der Waals surface area (Å²) in [7, 11) is 0. The summed E-state index contributed by atoms with van der Waals surface area (Å²) in [6.07, 6.45) is -0.568. The second kappa shape index (κ2) is 9.72. The highest BCUT2D eigenvalue weighted by atomic mass is 32.1. The van der Waals surface area contributed by atoms with Crippen molar-refractivity contribution in [3.8, 4) is 0 Å². The van der Waals surface area contributed by atoms with E-state index in [4.69, 9.17) is 17.0 Å². The van der Waals surface area contributed by atoms with Crippen molar-refractivity contribution < 1.29 is 19.5 Å². The first-order chi connectivity index (χ1) is 12.9. The van der Waals surface area contributed by atoms with Crippen molar-refractivity contribution in [2.75, 3.05) is 13.1 Å². The number of nitrogens with zero attached hydrogens (tertiary/aromatic N) is 1. The summed E-state index contributed by atoms with van der Waals surface area (Å²) in [5.74, 6) is -0.0445. The number of aromatic nitrogens is 1. The summed E-state index contributed by atoms with van der Waals surface area (Å²) < 4.78 is 5.90. The van der Waals surface area contributed by atoms with E-state index in [1.165, 1.54) is 17.7 Å². The molecule has 2 amide bonds. The van der Waals surface area contributed by atoms with Crippen LogP contribution in [0.2, 0.25) is 0 Å². The molecule has 0 radical (unpaired) electrons. The maximum absolute atomic E-state index is 12.0. The van der Waals surface area contributed by atoms with Crippen LogP contribution < -0.4 is 10.6 Å². The lowest BCUT2D eigenvalue weighted by Crippen LogP contribution is -2.35. The van der Waals surface area contributed by atoms with E-state index in [2.05, 4.69) is 24.5 Å². The lowest BCUT2D eigenvalue weighted by molar-refractivity contribution is 0.0894. The molecular weight excluding hydrogens is 366 g/mol. The molecule has 7 nitrogen and oxygen atoms in total. The fraction of sp³-hybridized carbons (Fsp3) is 0.316. The van der Waals surface area contributed by atoms with E-state index in [9.17, 15) is 14.8 Å². The molecule has 0 atom stereocenters. The number of rotatable bonds is 7. The predicted molar refractivity (Wildman–Crippen MR) is 104 cm³/mol. The third kappa shape index (κ3) is 6.10. The van der Waals surface area contributed by atoms with Gasteiger partial charge in [0.1, 0.15) is 16.9 Å². The molecule has 0 bridgehead atoms. The Kier molecular flexibility index (Phi) is 7.36. The van der Waals surface area contributed by atoms with Crippen LogP contribution >= 0.6 is 12.2 Å². The molecular formula is C19H23N3O4S. The van der Waals surface area contributed by atoms with Crippen molar-refractivity contribution in [2.24, 2.45) is 0 Å². The number of ether oxygens (including phenoxy) is 1. The summed E-state index contributed by atoms with van der Waals surface area (Å²) in [6.45, 7) is 4.78. The molecule has 1 heterocycles. The lowest BCUT2D eigenvalue weighted by atomic mass is 10.0. The molecule has 2 aromatic rings. The molecule has 3 N–H and O–H groups in total. The fourth-order valence-electron chi connectivity index (χ4n) is 2.28. The van der Waals surface area contributed by atoms with Gasteiger partial charge in [0.15, 0.2) is 0 Å². The van der Waals surface area contributed by atoms with E-state index in [1.807, 2.05) is 24.3 Å². The summed E-state index contributed by atoms with van der Waals surface area (Å²) in [5.41, 5.74) is 2.15. The van der Waals surface area contributed by atoms with Gasteiger partial charge in [-0.15, -0.1) is 0 Å². The molecule has 144 valence electrons. The highest BCUT2D eigenvalue weighted by Gasteiger charge is 2.10. The van der Waals surface area contributed by atoms with Gasteiger partial charge in [0.25, 0.3) is 5.91 Å². The third-order valence-electron chi connectivity index (χ3n) is 3.86. The zero-order valence-corrected chi connectivity index (χ0v) is 16.1. The summed E-state index contributed by atoms with van der Waals surface area (Å²) in [6, 6.07) is 12.4. The topological polar surface area (TPSA) is 92.6 Å². The second-order valence-corrected chi connectivity index (χ2v) is 6.63. The highest BCUT2D eigenvalue weighted by Crippen LogP contribution is 2.15. The Bertz CT molecular complexity index is 847. The molecule has 1 aromatic heterocycles. The molecule has 0 fully saturated rings. The van der Waals surface area contributed by atoms with Crippen molar-refractivity contribution >= 4 is 24.2 Å². The number of hydrogen-bond donors (Lipinski definition) is 3. The number of benzene rings is 1. The summed E-state index contributed by atoms with van der Waals surface area (Å²) in [5, 5.41) is 14.8. The molecule has 0 aliphatic heterocycles. The smallest absolute Gasteiger partial charge is 0.407 e.